The summed E-state index contributed by atoms with van der Waals surface area (Å²) in [4.78, 5) is 6.83. The van der Waals surface area contributed by atoms with E-state index in [4.69, 9.17) is 5.73 Å². The van der Waals surface area contributed by atoms with Crippen molar-refractivity contribution in [3.8, 4) is 0 Å². The Balaban J connectivity index is 2.19. The first-order chi connectivity index (χ1) is 9.62. The fourth-order valence-electron chi connectivity index (χ4n) is 2.07. The first-order valence-corrected chi connectivity index (χ1v) is 7.57. The van der Waals surface area contributed by atoms with E-state index in [1.54, 1.807) is 0 Å². The topological polar surface area (TPSA) is 42.1 Å². The average molecular weight is 334 g/mol. The maximum atomic E-state index is 5.76. The number of aromatic nitrogens is 1. The third kappa shape index (κ3) is 3.81. The molecule has 2 aromatic rings. The van der Waals surface area contributed by atoms with Crippen molar-refractivity contribution in [2.24, 2.45) is 5.73 Å². The number of pyridine rings is 1. The second-order valence-electron chi connectivity index (χ2n) is 4.87. The third-order valence-corrected chi connectivity index (χ3v) is 3.78. The molecule has 0 radical (unpaired) electrons. The van der Waals surface area contributed by atoms with Crippen LogP contribution >= 0.6 is 15.9 Å². The van der Waals surface area contributed by atoms with Gasteiger partial charge in [-0.25, -0.2) is 4.98 Å². The second-order valence-corrected chi connectivity index (χ2v) is 5.78. The zero-order valence-electron chi connectivity index (χ0n) is 11.9. The molecule has 0 fully saturated rings. The van der Waals surface area contributed by atoms with Crippen molar-refractivity contribution in [1.82, 2.24) is 4.98 Å². The highest BCUT2D eigenvalue weighted by Crippen LogP contribution is 2.18. The molecule has 2 N–H and O–H groups in total. The molecule has 0 aliphatic rings. The van der Waals surface area contributed by atoms with Gasteiger partial charge in [-0.1, -0.05) is 35.0 Å². The number of nitrogens with two attached hydrogens (primary N) is 1. The van der Waals surface area contributed by atoms with Crippen LogP contribution in [-0.4, -0.2) is 12.0 Å². The Morgan fingerprint density at radius 1 is 1.15 bits per heavy atom. The summed E-state index contributed by atoms with van der Waals surface area (Å²) in [6.45, 7) is 3.49. The highest BCUT2D eigenvalue weighted by molar-refractivity contribution is 9.10. The fourth-order valence-corrected chi connectivity index (χ4v) is 2.34. The lowest BCUT2D eigenvalue weighted by Gasteiger charge is -2.20. The molecule has 1 aromatic carbocycles. The maximum Gasteiger partial charge on any atom is 0.129 e. The van der Waals surface area contributed by atoms with E-state index in [0.29, 0.717) is 6.54 Å². The lowest BCUT2D eigenvalue weighted by Crippen LogP contribution is -2.18. The van der Waals surface area contributed by atoms with Gasteiger partial charge in [-0.15, -0.1) is 0 Å². The van der Waals surface area contributed by atoms with Crippen LogP contribution in [0, 0.1) is 0 Å². The van der Waals surface area contributed by atoms with Gasteiger partial charge < -0.3 is 10.6 Å². The van der Waals surface area contributed by atoms with Crippen molar-refractivity contribution in [3.63, 3.8) is 0 Å². The summed E-state index contributed by atoms with van der Waals surface area (Å²) in [5.41, 5.74) is 9.24. The number of benzene rings is 1. The van der Waals surface area contributed by atoms with Gasteiger partial charge in [0, 0.05) is 30.3 Å². The van der Waals surface area contributed by atoms with E-state index >= 15 is 0 Å². The van der Waals surface area contributed by atoms with E-state index in [0.717, 1.165) is 34.5 Å². The summed E-state index contributed by atoms with van der Waals surface area (Å²) in [5.74, 6) is 0.979. The summed E-state index contributed by atoms with van der Waals surface area (Å²) in [5, 5.41) is 0. The first-order valence-electron chi connectivity index (χ1n) is 6.78. The molecule has 1 heterocycles. The van der Waals surface area contributed by atoms with Gasteiger partial charge >= 0.3 is 0 Å². The van der Waals surface area contributed by atoms with Crippen molar-refractivity contribution < 1.29 is 0 Å². The van der Waals surface area contributed by atoms with Crippen molar-refractivity contribution in [2.75, 3.05) is 11.9 Å². The van der Waals surface area contributed by atoms with Crippen molar-refractivity contribution in [1.29, 1.82) is 0 Å². The Morgan fingerprint density at radius 3 is 2.45 bits per heavy atom. The third-order valence-electron chi connectivity index (χ3n) is 3.25. The molecule has 0 atom stereocenters. The van der Waals surface area contributed by atoms with Crippen LogP contribution in [0.25, 0.3) is 0 Å². The van der Waals surface area contributed by atoms with Gasteiger partial charge in [-0.05, 0) is 41.8 Å². The van der Waals surface area contributed by atoms with Crippen molar-refractivity contribution >= 4 is 21.7 Å². The predicted octanol–water partition coefficient (Wildman–Crippen LogP) is 3.50. The first kappa shape index (κ1) is 15.0. The fraction of sp³-hybridized carbons (Fsp3) is 0.312. The number of halogens is 1. The van der Waals surface area contributed by atoms with E-state index in [2.05, 4.69) is 76.2 Å². The monoisotopic (exact) mass is 333 g/mol. The number of rotatable bonds is 5. The van der Waals surface area contributed by atoms with Gasteiger partial charge in [-0.2, -0.15) is 0 Å². The van der Waals surface area contributed by atoms with E-state index in [1.165, 1.54) is 5.56 Å². The highest BCUT2D eigenvalue weighted by Gasteiger charge is 2.07. The maximum absolute atomic E-state index is 5.76. The zero-order valence-corrected chi connectivity index (χ0v) is 13.5. The Bertz CT molecular complexity index is 544. The minimum absolute atomic E-state index is 0.550. The lowest BCUT2D eigenvalue weighted by molar-refractivity contribution is 0.874. The molecule has 0 saturated heterocycles. The molecule has 20 heavy (non-hydrogen) atoms. The second kappa shape index (κ2) is 6.86. The van der Waals surface area contributed by atoms with Crippen LogP contribution in [0.4, 0.5) is 5.82 Å². The average Bonchev–Trinajstić information content (AvgIpc) is 2.48. The number of aryl methyl sites for hydroxylation is 1. The predicted molar refractivity (Wildman–Crippen MR) is 87.8 cm³/mol. The molecule has 0 amide bonds. The number of anilines is 1. The van der Waals surface area contributed by atoms with E-state index in [-0.39, 0.29) is 0 Å². The minimum Gasteiger partial charge on any atom is -0.355 e. The van der Waals surface area contributed by atoms with Crippen LogP contribution in [0.15, 0.2) is 40.9 Å². The molecular formula is C16H20BrN3. The van der Waals surface area contributed by atoms with Crippen LogP contribution in [0.5, 0.6) is 0 Å². The standard InChI is InChI=1S/C16H20BrN3/c1-3-15-8-13(10-18)9-16(19-15)20(2)11-12-4-6-14(17)7-5-12/h4-9H,3,10-11,18H2,1-2H3. The van der Waals surface area contributed by atoms with E-state index in [1.807, 2.05) is 0 Å². The van der Waals surface area contributed by atoms with Gasteiger partial charge in [0.05, 0.1) is 0 Å². The van der Waals surface area contributed by atoms with Crippen LogP contribution in [0.1, 0.15) is 23.7 Å². The zero-order chi connectivity index (χ0) is 14.5. The van der Waals surface area contributed by atoms with Crippen molar-refractivity contribution in [2.45, 2.75) is 26.4 Å². The Kier molecular flexibility index (Phi) is 5.15. The Hall–Kier alpha value is -1.39. The molecule has 2 rings (SSSR count). The largest absolute Gasteiger partial charge is 0.355 e. The van der Waals surface area contributed by atoms with E-state index in [9.17, 15) is 0 Å². The molecule has 1 aromatic heterocycles. The molecule has 0 unspecified atom stereocenters. The molecule has 0 spiro atoms. The summed E-state index contributed by atoms with van der Waals surface area (Å²) in [6, 6.07) is 12.5. The minimum atomic E-state index is 0.550. The van der Waals surface area contributed by atoms with Gasteiger partial charge in [0.25, 0.3) is 0 Å². The van der Waals surface area contributed by atoms with Crippen molar-refractivity contribution in [3.05, 3.63) is 57.7 Å². The Labute approximate surface area is 129 Å². The van der Waals surface area contributed by atoms with Gasteiger partial charge in [0.15, 0.2) is 0 Å². The SMILES string of the molecule is CCc1cc(CN)cc(N(C)Cc2ccc(Br)cc2)n1. The molecular weight excluding hydrogens is 314 g/mol. The van der Waals surface area contributed by atoms with Gasteiger partial charge in [-0.3, -0.25) is 0 Å². The van der Waals surface area contributed by atoms with Gasteiger partial charge in [0.2, 0.25) is 0 Å². The molecule has 3 nitrogen and oxygen atoms in total. The summed E-state index contributed by atoms with van der Waals surface area (Å²) >= 11 is 3.45. The highest BCUT2D eigenvalue weighted by atomic mass is 79.9. The molecule has 0 saturated carbocycles. The molecule has 0 bridgehead atoms. The molecule has 0 aliphatic carbocycles. The molecule has 0 aliphatic heterocycles. The smallest absolute Gasteiger partial charge is 0.129 e. The molecule has 106 valence electrons. The van der Waals surface area contributed by atoms with Gasteiger partial charge in [0.1, 0.15) is 5.82 Å². The quantitative estimate of drug-likeness (QED) is 0.910. The Morgan fingerprint density at radius 2 is 1.85 bits per heavy atom. The summed E-state index contributed by atoms with van der Waals surface area (Å²) in [6.07, 6.45) is 0.924. The van der Waals surface area contributed by atoms with E-state index < -0.39 is 0 Å². The number of hydrogen-bond acceptors (Lipinski definition) is 3. The number of hydrogen-bond donors (Lipinski definition) is 1. The van der Waals surface area contributed by atoms with Crippen LogP contribution < -0.4 is 10.6 Å². The van der Waals surface area contributed by atoms with Crippen LogP contribution in [0.3, 0.4) is 0 Å². The normalized spacial score (nSPS) is 10.6. The van der Waals surface area contributed by atoms with Crippen LogP contribution in [0.2, 0.25) is 0 Å². The van der Waals surface area contributed by atoms with Crippen LogP contribution in [-0.2, 0) is 19.5 Å². The summed E-state index contributed by atoms with van der Waals surface area (Å²) in [7, 11) is 2.06. The summed E-state index contributed by atoms with van der Waals surface area (Å²) < 4.78 is 1.10. The lowest BCUT2D eigenvalue weighted by atomic mass is 10.1. The number of nitrogens with zero attached hydrogens (tertiary/aromatic N) is 2. The molecule has 4 heteroatoms.